The first-order valence-corrected chi connectivity index (χ1v) is 10.6. The molecule has 1 heterocycles. The van der Waals surface area contributed by atoms with Gasteiger partial charge in [0.05, 0.1) is 8.83 Å². The molecule has 1 nitrogen and oxygen atoms in total. The fraction of sp³-hybridized carbons (Fsp3) is 0.409. The highest BCUT2D eigenvalue weighted by Gasteiger charge is 2.77. The van der Waals surface area contributed by atoms with Crippen molar-refractivity contribution in [1.82, 2.24) is 0 Å². The van der Waals surface area contributed by atoms with E-state index in [2.05, 4.69) is 88.4 Å². The molecule has 4 rings (SSSR count). The normalized spacial score (nSPS) is 24.9. The Hall–Kier alpha value is -1.19. The highest BCUT2D eigenvalue weighted by atomic mass is 32.2. The molecule has 0 atom stereocenters. The molecule has 0 aromatic heterocycles. The topological polar surface area (TPSA) is 17.1 Å². The molecular weight excluding hydrogens is 344 g/mol. The summed E-state index contributed by atoms with van der Waals surface area (Å²) in [6.45, 7) is 8.53. The largest absolute Gasteiger partial charge is 0.298 e. The van der Waals surface area contributed by atoms with Crippen LogP contribution in [-0.4, -0.2) is 15.6 Å². The second-order valence-corrected chi connectivity index (χ2v) is 11.1. The van der Waals surface area contributed by atoms with Gasteiger partial charge in [0.2, 0.25) is 0 Å². The third-order valence-electron chi connectivity index (χ3n) is 6.06. The van der Waals surface area contributed by atoms with Gasteiger partial charge in [-0.15, -0.1) is 23.5 Å². The number of Topliss-reactive ketones (excluding diaryl/α,β-unsaturated/α-hetero) is 1. The molecule has 130 valence electrons. The molecule has 0 N–H and O–H groups in total. The number of benzene rings is 2. The van der Waals surface area contributed by atoms with E-state index in [-0.39, 0.29) is 19.7 Å². The van der Waals surface area contributed by atoms with Crippen molar-refractivity contribution < 1.29 is 4.79 Å². The van der Waals surface area contributed by atoms with Crippen LogP contribution in [0.1, 0.15) is 38.8 Å². The molecule has 0 bridgehead atoms. The van der Waals surface area contributed by atoms with E-state index in [9.17, 15) is 4.79 Å². The van der Waals surface area contributed by atoms with Crippen LogP contribution in [0.5, 0.6) is 0 Å². The van der Waals surface area contributed by atoms with Crippen molar-refractivity contribution in [3.8, 4) is 0 Å². The second-order valence-electron chi connectivity index (χ2n) is 8.15. The summed E-state index contributed by atoms with van der Waals surface area (Å²) in [6.07, 6.45) is 0. The maximum Gasteiger partial charge on any atom is 0.148 e. The van der Waals surface area contributed by atoms with Gasteiger partial charge in [-0.05, 0) is 11.1 Å². The Morgan fingerprint density at radius 2 is 1.20 bits per heavy atom. The SMILES string of the molecule is CC1(C)C(=O)C(C)(C)C12SCC(c1ccccc1)(c1ccccc1)S2. The number of carbonyl (C=O) groups is 1. The Morgan fingerprint density at radius 3 is 1.64 bits per heavy atom. The molecule has 2 fully saturated rings. The Labute approximate surface area is 159 Å². The number of carbonyl (C=O) groups excluding carboxylic acids is 1. The fourth-order valence-corrected chi connectivity index (χ4v) is 9.38. The monoisotopic (exact) mass is 368 g/mol. The van der Waals surface area contributed by atoms with Crippen LogP contribution in [-0.2, 0) is 9.54 Å². The molecule has 2 aliphatic rings. The minimum atomic E-state index is -0.308. The lowest BCUT2D eigenvalue weighted by Crippen LogP contribution is -2.70. The standard InChI is InChI=1S/C22H24OS2/c1-19(2)18(23)20(3,4)22(19)24-15-21(25-22,16-11-7-5-8-12-16)17-13-9-6-10-14-17/h5-14H,15H2,1-4H3. The Morgan fingerprint density at radius 1 is 0.760 bits per heavy atom. The smallest absolute Gasteiger partial charge is 0.148 e. The molecule has 2 aromatic rings. The van der Waals surface area contributed by atoms with Crippen LogP contribution in [0.2, 0.25) is 0 Å². The van der Waals surface area contributed by atoms with Crippen molar-refractivity contribution in [3.05, 3.63) is 71.8 Å². The van der Waals surface area contributed by atoms with Crippen LogP contribution in [0.3, 0.4) is 0 Å². The van der Waals surface area contributed by atoms with Crippen LogP contribution >= 0.6 is 23.5 Å². The van der Waals surface area contributed by atoms with Crippen LogP contribution < -0.4 is 0 Å². The lowest BCUT2D eigenvalue weighted by atomic mass is 9.53. The van der Waals surface area contributed by atoms with Crippen molar-refractivity contribution in [2.24, 2.45) is 10.8 Å². The quantitative estimate of drug-likeness (QED) is 0.672. The maximum atomic E-state index is 12.8. The number of rotatable bonds is 2. The van der Waals surface area contributed by atoms with E-state index in [0.29, 0.717) is 5.78 Å². The summed E-state index contributed by atoms with van der Waals surface area (Å²) in [5, 5.41) is 0. The molecule has 3 heteroatoms. The minimum absolute atomic E-state index is 0.0945. The van der Waals surface area contributed by atoms with Gasteiger partial charge in [-0.1, -0.05) is 88.4 Å². The highest BCUT2D eigenvalue weighted by Crippen LogP contribution is 2.78. The van der Waals surface area contributed by atoms with Crippen molar-refractivity contribution in [2.75, 3.05) is 5.75 Å². The third kappa shape index (κ3) is 2.03. The minimum Gasteiger partial charge on any atom is -0.298 e. The van der Waals surface area contributed by atoms with Crippen LogP contribution in [0.15, 0.2) is 60.7 Å². The number of hydrogen-bond acceptors (Lipinski definition) is 3. The zero-order valence-corrected chi connectivity index (χ0v) is 16.8. The predicted molar refractivity (Wildman–Crippen MR) is 109 cm³/mol. The summed E-state index contributed by atoms with van der Waals surface area (Å²) in [4.78, 5) is 12.8. The maximum absolute atomic E-state index is 12.8. The van der Waals surface area contributed by atoms with Gasteiger partial charge in [0.15, 0.2) is 0 Å². The summed E-state index contributed by atoms with van der Waals surface area (Å²) in [6, 6.07) is 21.6. The first kappa shape index (κ1) is 17.2. The molecule has 1 saturated heterocycles. The highest BCUT2D eigenvalue weighted by molar-refractivity contribution is 8.22. The van der Waals surface area contributed by atoms with E-state index < -0.39 is 0 Å². The van der Waals surface area contributed by atoms with Crippen molar-refractivity contribution in [2.45, 2.75) is 36.5 Å². The zero-order valence-electron chi connectivity index (χ0n) is 15.2. The summed E-state index contributed by atoms with van der Waals surface area (Å²) in [7, 11) is 0. The summed E-state index contributed by atoms with van der Waals surface area (Å²) >= 11 is 4.00. The first-order chi connectivity index (χ1) is 11.8. The lowest BCUT2D eigenvalue weighted by molar-refractivity contribution is -0.152. The van der Waals surface area contributed by atoms with Gasteiger partial charge in [-0.3, -0.25) is 4.79 Å². The molecule has 0 radical (unpaired) electrons. The number of hydrogen-bond donors (Lipinski definition) is 0. The lowest BCUT2D eigenvalue weighted by Gasteiger charge is -2.63. The average Bonchev–Trinajstić information content (AvgIpc) is 3.07. The molecule has 25 heavy (non-hydrogen) atoms. The van der Waals surface area contributed by atoms with E-state index in [4.69, 9.17) is 0 Å². The zero-order chi connectivity index (χ0) is 17.9. The number of thioether (sulfide) groups is 2. The van der Waals surface area contributed by atoms with Crippen LogP contribution in [0.25, 0.3) is 0 Å². The Bertz CT molecular complexity index is 751. The van der Waals surface area contributed by atoms with E-state index in [1.165, 1.54) is 11.1 Å². The van der Waals surface area contributed by atoms with E-state index in [1.807, 2.05) is 23.5 Å². The summed E-state index contributed by atoms with van der Waals surface area (Å²) in [5.41, 5.74) is 2.05. The summed E-state index contributed by atoms with van der Waals surface area (Å²) in [5.74, 6) is 1.38. The molecule has 0 amide bonds. The van der Waals surface area contributed by atoms with Gasteiger partial charge in [-0.2, -0.15) is 0 Å². The molecule has 1 aliphatic heterocycles. The molecule has 1 aliphatic carbocycles. The molecular formula is C22H24OS2. The van der Waals surface area contributed by atoms with Gasteiger partial charge in [-0.25, -0.2) is 0 Å². The molecule has 1 saturated carbocycles. The number of ketones is 1. The van der Waals surface area contributed by atoms with Crippen LogP contribution in [0, 0.1) is 10.8 Å². The Kier molecular flexibility index (Phi) is 3.73. The molecule has 0 unspecified atom stereocenters. The van der Waals surface area contributed by atoms with Gasteiger partial charge in [0.25, 0.3) is 0 Å². The van der Waals surface area contributed by atoms with E-state index in [0.717, 1.165) is 5.75 Å². The third-order valence-corrected chi connectivity index (χ3v) is 11.1. The van der Waals surface area contributed by atoms with Gasteiger partial charge >= 0.3 is 0 Å². The van der Waals surface area contributed by atoms with Crippen molar-refractivity contribution >= 4 is 29.3 Å². The molecule has 2 aromatic carbocycles. The van der Waals surface area contributed by atoms with Gasteiger partial charge in [0.1, 0.15) is 5.78 Å². The first-order valence-electron chi connectivity index (χ1n) is 8.78. The van der Waals surface area contributed by atoms with E-state index in [1.54, 1.807) is 0 Å². The van der Waals surface area contributed by atoms with Crippen LogP contribution in [0.4, 0.5) is 0 Å². The van der Waals surface area contributed by atoms with Crippen molar-refractivity contribution in [1.29, 1.82) is 0 Å². The van der Waals surface area contributed by atoms with Gasteiger partial charge in [0, 0.05) is 16.6 Å². The van der Waals surface area contributed by atoms with Crippen molar-refractivity contribution in [3.63, 3.8) is 0 Å². The van der Waals surface area contributed by atoms with E-state index >= 15 is 0 Å². The second kappa shape index (κ2) is 5.40. The summed E-state index contributed by atoms with van der Waals surface area (Å²) < 4.78 is -0.203. The van der Waals surface area contributed by atoms with Gasteiger partial charge < -0.3 is 0 Å². The molecule has 1 spiro atoms. The predicted octanol–water partition coefficient (Wildman–Crippen LogP) is 5.74. The fourth-order valence-electron chi connectivity index (χ4n) is 4.79. The Balaban J connectivity index is 1.88. The average molecular weight is 369 g/mol.